The molecule has 2 heterocycles. The van der Waals surface area contributed by atoms with Crippen LogP contribution in [0, 0.1) is 5.82 Å². The van der Waals surface area contributed by atoms with Crippen molar-refractivity contribution in [2.75, 3.05) is 26.2 Å². The van der Waals surface area contributed by atoms with E-state index in [0.29, 0.717) is 30.2 Å². The minimum absolute atomic E-state index is 0.0543. The summed E-state index contributed by atoms with van der Waals surface area (Å²) in [7, 11) is 0. The van der Waals surface area contributed by atoms with Gasteiger partial charge in [0.15, 0.2) is 0 Å². The lowest BCUT2D eigenvalue weighted by molar-refractivity contribution is 0.0628. The second-order valence-corrected chi connectivity index (χ2v) is 7.64. The largest absolute Gasteiger partial charge is 0.336 e. The number of rotatable bonds is 5. The van der Waals surface area contributed by atoms with E-state index in [1.807, 2.05) is 39.9 Å². The number of amides is 1. The third-order valence-corrected chi connectivity index (χ3v) is 5.55. The fourth-order valence-corrected chi connectivity index (χ4v) is 3.75. The fourth-order valence-electron chi connectivity index (χ4n) is 3.53. The first-order valence-electron chi connectivity index (χ1n) is 9.59. The van der Waals surface area contributed by atoms with Gasteiger partial charge in [0.2, 0.25) is 0 Å². The Balaban J connectivity index is 1.31. The number of hydrogen-bond donors (Lipinski definition) is 0. The topological polar surface area (TPSA) is 41.4 Å². The van der Waals surface area contributed by atoms with Gasteiger partial charge in [-0.25, -0.2) is 9.37 Å². The molecule has 1 aliphatic heterocycles. The Morgan fingerprint density at radius 2 is 1.79 bits per heavy atom. The van der Waals surface area contributed by atoms with E-state index in [1.54, 1.807) is 18.6 Å². The molecule has 0 aliphatic carbocycles. The number of carbonyl (C=O) groups is 1. The van der Waals surface area contributed by atoms with Crippen molar-refractivity contribution in [3.63, 3.8) is 0 Å². The molecule has 150 valence electrons. The lowest BCUT2D eigenvalue weighted by Gasteiger charge is -2.35. The van der Waals surface area contributed by atoms with Crippen molar-refractivity contribution in [2.24, 2.45) is 0 Å². The lowest BCUT2D eigenvalue weighted by atomic mass is 10.1. The molecule has 1 aliphatic rings. The summed E-state index contributed by atoms with van der Waals surface area (Å²) < 4.78 is 15.2. The number of piperazine rings is 1. The van der Waals surface area contributed by atoms with Crippen LogP contribution in [0.15, 0.2) is 61.2 Å². The molecule has 29 heavy (non-hydrogen) atoms. The van der Waals surface area contributed by atoms with Crippen molar-refractivity contribution in [3.05, 3.63) is 88.7 Å². The molecule has 3 aromatic rings. The van der Waals surface area contributed by atoms with Crippen LogP contribution >= 0.6 is 11.6 Å². The molecule has 7 heteroatoms. The maximum absolute atomic E-state index is 13.2. The average molecular weight is 413 g/mol. The molecule has 1 amide bonds. The van der Waals surface area contributed by atoms with E-state index < -0.39 is 0 Å². The van der Waals surface area contributed by atoms with Crippen LogP contribution in [0.4, 0.5) is 4.39 Å². The van der Waals surface area contributed by atoms with Crippen molar-refractivity contribution in [2.45, 2.75) is 13.1 Å². The summed E-state index contributed by atoms with van der Waals surface area (Å²) in [6.45, 7) is 4.24. The molecule has 4 rings (SSSR count). The van der Waals surface area contributed by atoms with Crippen molar-refractivity contribution in [3.8, 4) is 0 Å². The van der Waals surface area contributed by atoms with Crippen LogP contribution in [0.25, 0.3) is 0 Å². The molecule has 0 bridgehead atoms. The molecule has 1 fully saturated rings. The highest BCUT2D eigenvalue weighted by atomic mass is 35.5. The summed E-state index contributed by atoms with van der Waals surface area (Å²) in [5.74, 6) is -0.274. The van der Waals surface area contributed by atoms with Gasteiger partial charge in [-0.05, 0) is 35.4 Å². The zero-order valence-corrected chi connectivity index (χ0v) is 16.7. The van der Waals surface area contributed by atoms with Gasteiger partial charge in [-0.15, -0.1) is 0 Å². The Kier molecular flexibility index (Phi) is 5.92. The van der Waals surface area contributed by atoms with E-state index in [9.17, 15) is 9.18 Å². The zero-order chi connectivity index (χ0) is 20.2. The quantitative estimate of drug-likeness (QED) is 0.642. The predicted molar refractivity (Wildman–Crippen MR) is 110 cm³/mol. The average Bonchev–Trinajstić information content (AvgIpc) is 3.24. The number of imidazole rings is 1. The van der Waals surface area contributed by atoms with Gasteiger partial charge in [-0.2, -0.15) is 0 Å². The van der Waals surface area contributed by atoms with E-state index in [0.717, 1.165) is 30.8 Å². The van der Waals surface area contributed by atoms with Crippen LogP contribution in [0.5, 0.6) is 0 Å². The number of hydrogen-bond acceptors (Lipinski definition) is 3. The monoisotopic (exact) mass is 412 g/mol. The van der Waals surface area contributed by atoms with Gasteiger partial charge in [0.05, 0.1) is 6.33 Å². The predicted octanol–water partition coefficient (Wildman–Crippen LogP) is 3.68. The molecule has 1 aromatic heterocycles. The van der Waals surface area contributed by atoms with Crippen LogP contribution in [-0.2, 0) is 13.1 Å². The molecule has 0 saturated carbocycles. The van der Waals surface area contributed by atoms with E-state index in [1.165, 1.54) is 12.1 Å². The van der Waals surface area contributed by atoms with Gasteiger partial charge < -0.3 is 9.47 Å². The summed E-state index contributed by atoms with van der Waals surface area (Å²) in [5, 5.41) is 0.444. The summed E-state index contributed by atoms with van der Waals surface area (Å²) in [6.07, 6.45) is 5.44. The van der Waals surface area contributed by atoms with Crippen molar-refractivity contribution < 1.29 is 9.18 Å². The molecule has 0 unspecified atom stereocenters. The number of nitrogens with zero attached hydrogens (tertiary/aromatic N) is 4. The fraction of sp³-hybridized carbons (Fsp3) is 0.273. The first kappa shape index (κ1) is 19.6. The van der Waals surface area contributed by atoms with Crippen LogP contribution in [0.2, 0.25) is 5.02 Å². The Bertz CT molecular complexity index is 967. The molecule has 5 nitrogen and oxygen atoms in total. The van der Waals surface area contributed by atoms with Crippen molar-refractivity contribution in [1.82, 2.24) is 19.4 Å². The lowest BCUT2D eigenvalue weighted by Crippen LogP contribution is -2.48. The first-order chi connectivity index (χ1) is 14.1. The van der Waals surface area contributed by atoms with Gasteiger partial charge in [0, 0.05) is 62.2 Å². The third kappa shape index (κ3) is 4.83. The van der Waals surface area contributed by atoms with Gasteiger partial charge in [0.1, 0.15) is 5.82 Å². The highest BCUT2D eigenvalue weighted by Gasteiger charge is 2.22. The summed E-state index contributed by atoms with van der Waals surface area (Å²) >= 11 is 6.13. The van der Waals surface area contributed by atoms with Gasteiger partial charge in [-0.1, -0.05) is 29.8 Å². The van der Waals surface area contributed by atoms with Crippen LogP contribution < -0.4 is 0 Å². The number of halogens is 2. The molecular formula is C22H22ClFN4O. The number of benzene rings is 2. The molecular weight excluding hydrogens is 391 g/mol. The van der Waals surface area contributed by atoms with Crippen molar-refractivity contribution in [1.29, 1.82) is 0 Å². The number of carbonyl (C=O) groups excluding carboxylic acids is 1. The van der Waals surface area contributed by atoms with Gasteiger partial charge in [0.25, 0.3) is 5.91 Å². The SMILES string of the molecule is O=C(c1ccc(Cn2ccnc2)cc1)N1CCN(Cc2ccc(F)cc2Cl)CC1. The normalized spacial score (nSPS) is 14.9. The smallest absolute Gasteiger partial charge is 0.253 e. The minimum atomic E-state index is -0.329. The summed E-state index contributed by atoms with van der Waals surface area (Å²) in [5.41, 5.74) is 2.73. The Hall–Kier alpha value is -2.70. The van der Waals surface area contributed by atoms with E-state index >= 15 is 0 Å². The molecule has 0 N–H and O–H groups in total. The van der Waals surface area contributed by atoms with E-state index in [-0.39, 0.29) is 11.7 Å². The summed E-state index contributed by atoms with van der Waals surface area (Å²) in [4.78, 5) is 21.0. The Labute approximate surface area is 174 Å². The molecule has 0 spiro atoms. The van der Waals surface area contributed by atoms with Gasteiger partial charge >= 0.3 is 0 Å². The second kappa shape index (κ2) is 8.76. The minimum Gasteiger partial charge on any atom is -0.336 e. The zero-order valence-electron chi connectivity index (χ0n) is 16.0. The Morgan fingerprint density at radius 1 is 1.03 bits per heavy atom. The van der Waals surface area contributed by atoms with Crippen LogP contribution in [0.1, 0.15) is 21.5 Å². The van der Waals surface area contributed by atoms with E-state index in [4.69, 9.17) is 11.6 Å². The molecule has 0 atom stereocenters. The third-order valence-electron chi connectivity index (χ3n) is 5.19. The standard InChI is InChI=1S/C22H22ClFN4O/c23-21-13-20(24)6-5-19(21)15-26-9-11-28(12-10-26)22(29)18-3-1-17(2-4-18)14-27-8-7-25-16-27/h1-8,13,16H,9-12,14-15H2. The maximum Gasteiger partial charge on any atom is 0.253 e. The van der Waals surface area contributed by atoms with Crippen LogP contribution in [0.3, 0.4) is 0 Å². The van der Waals surface area contributed by atoms with Crippen molar-refractivity contribution >= 4 is 17.5 Å². The van der Waals surface area contributed by atoms with Crippen LogP contribution in [-0.4, -0.2) is 51.4 Å². The van der Waals surface area contributed by atoms with E-state index in [2.05, 4.69) is 9.88 Å². The number of aromatic nitrogens is 2. The van der Waals surface area contributed by atoms with Gasteiger partial charge in [-0.3, -0.25) is 9.69 Å². The molecule has 1 saturated heterocycles. The highest BCUT2D eigenvalue weighted by molar-refractivity contribution is 6.31. The summed E-state index contributed by atoms with van der Waals surface area (Å²) in [6, 6.07) is 12.2. The first-order valence-corrected chi connectivity index (χ1v) is 9.96. The highest BCUT2D eigenvalue weighted by Crippen LogP contribution is 2.20. The Morgan fingerprint density at radius 3 is 2.45 bits per heavy atom. The maximum atomic E-state index is 13.2. The second-order valence-electron chi connectivity index (χ2n) is 7.24. The molecule has 0 radical (unpaired) electrons. The molecule has 2 aromatic carbocycles.